The topological polar surface area (TPSA) is 155 Å². The van der Waals surface area contributed by atoms with Crippen molar-refractivity contribution >= 4 is 27.4 Å². The van der Waals surface area contributed by atoms with Gasteiger partial charge >= 0.3 is 0 Å². The Hall–Kier alpha value is -0.791. The van der Waals surface area contributed by atoms with Gasteiger partial charge in [0.2, 0.25) is 0 Å². The van der Waals surface area contributed by atoms with E-state index >= 15 is 0 Å². The molecule has 2 heterocycles. The van der Waals surface area contributed by atoms with Crippen LogP contribution in [0.2, 0.25) is 0 Å². The summed E-state index contributed by atoms with van der Waals surface area (Å²) in [5, 5.41) is 8.84. The molecule has 0 N–H and O–H groups in total. The van der Waals surface area contributed by atoms with E-state index in [4.69, 9.17) is 47.4 Å². The van der Waals surface area contributed by atoms with E-state index in [0.717, 1.165) is 39.6 Å². The molecule has 63 heavy (non-hydrogen) atoms. The van der Waals surface area contributed by atoms with Gasteiger partial charge in [-0.05, 0) is 55.4 Å². The summed E-state index contributed by atoms with van der Waals surface area (Å²) in [5.41, 5.74) is -2.68. The van der Waals surface area contributed by atoms with Gasteiger partial charge < -0.3 is 58.0 Å². The molecular formula is C46H90N2O12P2Tc. The summed E-state index contributed by atoms with van der Waals surface area (Å²) in [7, 11) is 13.2. The van der Waals surface area contributed by atoms with Crippen molar-refractivity contribution < 1.29 is 77.1 Å². The van der Waals surface area contributed by atoms with Gasteiger partial charge in [0.25, 0.3) is 0 Å². The zero-order valence-corrected chi connectivity index (χ0v) is 46.2. The van der Waals surface area contributed by atoms with E-state index in [1.807, 2.05) is 27.7 Å². The summed E-state index contributed by atoms with van der Waals surface area (Å²) in [6, 6.07) is 0. The molecule has 2 fully saturated rings. The van der Waals surface area contributed by atoms with Crippen molar-refractivity contribution in [3.8, 4) is 0 Å². The van der Waals surface area contributed by atoms with Gasteiger partial charge in [-0.2, -0.15) is 0 Å². The van der Waals surface area contributed by atoms with Gasteiger partial charge in [0.05, 0.1) is 62.4 Å². The number of ketones is 2. The zero-order valence-electron chi connectivity index (χ0n) is 42.3. The third kappa shape index (κ3) is 25.2. The molecule has 0 aliphatic carbocycles. The summed E-state index contributed by atoms with van der Waals surface area (Å²) in [4.78, 5) is 25.5. The minimum Gasteiger partial charge on any atom is -0.655 e. The van der Waals surface area contributed by atoms with Crippen LogP contribution in [0.25, 0.3) is 10.6 Å². The van der Waals surface area contributed by atoms with Crippen LogP contribution in [-0.4, -0.2) is 181 Å². The molecule has 0 atom stereocenters. The molecule has 0 bridgehead atoms. The van der Waals surface area contributed by atoms with Crippen LogP contribution in [0.4, 0.5) is 0 Å². The monoisotopic (exact) mass is 1020 g/mol. The first-order valence-electron chi connectivity index (χ1n) is 22.3. The normalized spacial score (nSPS) is 18.6. The molecule has 0 amide bonds. The van der Waals surface area contributed by atoms with E-state index in [2.05, 4.69) is 10.6 Å². The Labute approximate surface area is 399 Å². The van der Waals surface area contributed by atoms with Gasteiger partial charge in [-0.15, -0.1) is 13.1 Å². The number of methoxy groups -OCH3 is 8. The molecule has 17 heteroatoms. The van der Waals surface area contributed by atoms with E-state index in [0.29, 0.717) is 11.1 Å². The van der Waals surface area contributed by atoms with Gasteiger partial charge in [-0.3, -0.25) is 9.59 Å². The van der Waals surface area contributed by atoms with Crippen molar-refractivity contribution in [2.24, 2.45) is 0 Å². The van der Waals surface area contributed by atoms with E-state index in [-0.39, 0.29) is 72.4 Å². The number of carbonyl (C=O) groups is 2. The molecule has 2 saturated heterocycles. The molecule has 0 aromatic carbocycles. The summed E-state index contributed by atoms with van der Waals surface area (Å²) in [6.45, 7) is 20.1. The fourth-order valence-electron chi connectivity index (χ4n) is 7.67. The molecular weight excluding hydrogens is 933 g/mol. The van der Waals surface area contributed by atoms with Crippen molar-refractivity contribution in [1.82, 2.24) is 0 Å². The maximum absolute atomic E-state index is 12.7. The second-order valence-electron chi connectivity index (χ2n) is 17.5. The molecule has 1 radical (unpaired) electrons. The second-order valence-corrected chi connectivity index (χ2v) is 23.5. The fraction of sp³-hybridized carbons (Fsp3) is 0.870. The molecule has 2 aliphatic rings. The van der Waals surface area contributed by atoms with Crippen molar-refractivity contribution in [2.45, 2.75) is 116 Å². The summed E-state index contributed by atoms with van der Waals surface area (Å²) >= 11 is 0. The number of hydrogen-bond donors (Lipinski definition) is 0. The van der Waals surface area contributed by atoms with Gasteiger partial charge in [0.15, 0.2) is 11.6 Å². The minimum atomic E-state index is -0.933. The van der Waals surface area contributed by atoms with Crippen molar-refractivity contribution in [3.63, 3.8) is 0 Å². The van der Waals surface area contributed by atoms with Crippen molar-refractivity contribution in [2.75, 3.05) is 147 Å². The molecule has 2 aliphatic heterocycles. The van der Waals surface area contributed by atoms with Crippen LogP contribution in [0, 0.1) is 0 Å². The van der Waals surface area contributed by atoms with Gasteiger partial charge in [-0.25, -0.2) is 0 Å². The smallest absolute Gasteiger partial charge is 0.194 e. The van der Waals surface area contributed by atoms with Crippen LogP contribution in [0.1, 0.15) is 93.9 Å². The van der Waals surface area contributed by atoms with Crippen LogP contribution < -0.4 is 0 Å². The molecule has 0 spiro atoms. The van der Waals surface area contributed by atoms with E-state index in [9.17, 15) is 9.59 Å². The molecule has 14 nitrogen and oxygen atoms in total. The number of hydrogen-bond acceptors (Lipinski definition) is 12. The minimum absolute atomic E-state index is 0. The van der Waals surface area contributed by atoms with Crippen LogP contribution in [0.5, 0.6) is 0 Å². The molecule has 0 aromatic heterocycles. The number of rotatable bonds is 31. The van der Waals surface area contributed by atoms with Gasteiger partial charge in [0.1, 0.15) is 11.2 Å². The second kappa shape index (κ2) is 35.4. The average Bonchev–Trinajstić information content (AvgIpc) is 3.48. The van der Waals surface area contributed by atoms with Gasteiger partial charge in [0, 0.05) is 180 Å². The van der Waals surface area contributed by atoms with Gasteiger partial charge in [-0.1, -0.05) is 0 Å². The Bertz CT molecular complexity index is 1160. The Balaban J connectivity index is 0. The number of ether oxygens (including phenoxy) is 10. The first-order chi connectivity index (χ1) is 29.3. The summed E-state index contributed by atoms with van der Waals surface area (Å²) in [6.07, 6.45) is 15.5. The summed E-state index contributed by atoms with van der Waals surface area (Å²) < 4.78 is 53.2. The Morgan fingerprint density at radius 2 is 0.651 bits per heavy atom. The number of nitrogens with zero attached hydrogens (tertiary/aromatic N) is 2. The standard InChI is InChI=1S/C22H36N2O6.2C12H27O3P.Tc/c1-19(2)13(15(25)21(5,6)29-19)17(27-9)23-11-12-24-18(28-10)14-16(26)22(7,8)30-20(14,3)4;2*1-13-7-4-10-16(11-5-8-14-2)12-6-9-15-3;/h11-12H2,1-10H3,(H2,23,24,25,26);2*4-12H2,1-3H3;/i;;;1+1. The Morgan fingerprint density at radius 1 is 0.429 bits per heavy atom. The summed E-state index contributed by atoms with van der Waals surface area (Å²) in [5.74, 6) is 0.170. The molecule has 373 valence electrons. The third-order valence-electron chi connectivity index (χ3n) is 10.5. The first-order valence-corrected chi connectivity index (χ1v) is 26.6. The average molecular weight is 1020 g/mol. The number of Topliss-reactive ketones (excluding diaryl/α,β-unsaturated/α-hetero) is 2. The van der Waals surface area contributed by atoms with Crippen LogP contribution in [-0.2, 0) is 77.1 Å². The van der Waals surface area contributed by atoms with Crippen LogP contribution in [0.3, 0.4) is 0 Å². The third-order valence-corrected chi connectivity index (χ3v) is 16.8. The number of carbonyl (C=O) groups excluding carboxylic acids is 2. The molecule has 2 rings (SSSR count). The van der Waals surface area contributed by atoms with Crippen molar-refractivity contribution in [1.29, 1.82) is 0 Å². The predicted molar refractivity (Wildman–Crippen MR) is 258 cm³/mol. The van der Waals surface area contributed by atoms with Crippen molar-refractivity contribution in [3.05, 3.63) is 33.5 Å². The largest absolute Gasteiger partial charge is 0.655 e. The molecule has 0 saturated carbocycles. The quantitative estimate of drug-likeness (QED) is 0.0284. The SMILES string of the molecule is CO/C([N-]CC[N-]/C(OC)=C1\C(=O)C(C)(C)OC1(C)C)=C1/C(=O)C(C)(C)OC1(C)C.COCCC[PH+](CCCOC)CCCOC.COCCC[PH+](CCCOC)CCCOC.[99Tc]. The van der Waals surface area contributed by atoms with Crippen LogP contribution >= 0.6 is 15.8 Å². The molecule has 0 unspecified atom stereocenters. The fourth-order valence-corrected chi connectivity index (χ4v) is 13.0. The van der Waals surface area contributed by atoms with Crippen LogP contribution in [0.15, 0.2) is 22.9 Å². The Morgan fingerprint density at radius 3 is 0.810 bits per heavy atom. The zero-order chi connectivity index (χ0) is 47.2. The van der Waals surface area contributed by atoms with E-state index in [1.54, 1.807) is 70.4 Å². The van der Waals surface area contributed by atoms with E-state index in [1.165, 1.54) is 89.7 Å². The first kappa shape index (κ1) is 64.3. The predicted octanol–water partition coefficient (Wildman–Crippen LogP) is 8.38. The molecule has 0 aromatic rings. The maximum Gasteiger partial charge on any atom is 0.194 e. The maximum atomic E-state index is 12.7. The van der Waals surface area contributed by atoms with E-state index < -0.39 is 22.4 Å². The Kier molecular flexibility index (Phi) is 36.1.